The van der Waals surface area contributed by atoms with Gasteiger partial charge in [0.1, 0.15) is 0 Å². The second kappa shape index (κ2) is 5.77. The summed E-state index contributed by atoms with van der Waals surface area (Å²) in [6, 6.07) is 8.00. The zero-order valence-corrected chi connectivity index (χ0v) is 12.1. The first kappa shape index (κ1) is 13.9. The minimum atomic E-state index is -0.925. The van der Waals surface area contributed by atoms with E-state index in [0.29, 0.717) is 5.16 Å². The van der Waals surface area contributed by atoms with Crippen LogP contribution < -0.4 is 5.69 Å². The minimum Gasteiger partial charge on any atom is -0.481 e. The number of carboxylic acids is 1. The number of aryl methyl sites for hydroxylation is 1. The van der Waals surface area contributed by atoms with Crippen molar-refractivity contribution in [1.82, 2.24) is 14.8 Å². The predicted molar refractivity (Wildman–Crippen MR) is 78.7 cm³/mol. The number of H-pyrrole nitrogens is 1. The molecule has 0 aliphatic heterocycles. The molecule has 110 valence electrons. The van der Waals surface area contributed by atoms with Gasteiger partial charge < -0.3 is 5.11 Å². The number of hydrogen-bond donors (Lipinski definition) is 2. The van der Waals surface area contributed by atoms with E-state index in [2.05, 4.69) is 16.3 Å². The average molecular weight is 305 g/mol. The highest BCUT2D eigenvalue weighted by Gasteiger charge is 2.25. The lowest BCUT2D eigenvalue weighted by molar-refractivity contribution is -0.133. The lowest BCUT2D eigenvalue weighted by Gasteiger charge is -2.26. The molecule has 2 N–H and O–H groups in total. The van der Waals surface area contributed by atoms with Crippen molar-refractivity contribution in [3.05, 3.63) is 45.9 Å². The van der Waals surface area contributed by atoms with E-state index >= 15 is 0 Å². The first-order valence-corrected chi connectivity index (χ1v) is 7.74. The molecule has 1 atom stereocenters. The fourth-order valence-electron chi connectivity index (χ4n) is 2.79. The molecule has 1 aliphatic carbocycles. The summed E-state index contributed by atoms with van der Waals surface area (Å²) >= 11 is 1.07. The molecule has 3 rings (SSSR count). The van der Waals surface area contributed by atoms with E-state index < -0.39 is 5.97 Å². The molecule has 0 bridgehead atoms. The van der Waals surface area contributed by atoms with Gasteiger partial charge in [0.25, 0.3) is 0 Å². The predicted octanol–water partition coefficient (Wildman–Crippen LogP) is 1.67. The topological polar surface area (TPSA) is 88.0 Å². The van der Waals surface area contributed by atoms with Crippen molar-refractivity contribution < 1.29 is 9.90 Å². The van der Waals surface area contributed by atoms with E-state index in [9.17, 15) is 9.59 Å². The summed E-state index contributed by atoms with van der Waals surface area (Å²) in [5.74, 6) is -1.04. The number of nitrogens with zero attached hydrogens (tertiary/aromatic N) is 2. The number of nitrogens with one attached hydrogen (secondary N) is 1. The van der Waals surface area contributed by atoms with E-state index in [-0.39, 0.29) is 17.5 Å². The Kier molecular flexibility index (Phi) is 3.83. The molecule has 21 heavy (non-hydrogen) atoms. The monoisotopic (exact) mass is 305 g/mol. The van der Waals surface area contributed by atoms with Gasteiger partial charge >= 0.3 is 11.7 Å². The number of aromatic amines is 1. The van der Waals surface area contributed by atoms with Crippen LogP contribution in [0.3, 0.4) is 0 Å². The zero-order chi connectivity index (χ0) is 14.8. The van der Waals surface area contributed by atoms with Crippen molar-refractivity contribution in [1.29, 1.82) is 0 Å². The number of carboxylic acid groups (broad SMARTS) is 1. The summed E-state index contributed by atoms with van der Waals surface area (Å²) in [4.78, 5) is 22.8. The SMILES string of the molecule is O=C(O)CSc1n[nH]c(=O)n1C1CCCc2ccccc21. The summed E-state index contributed by atoms with van der Waals surface area (Å²) < 4.78 is 1.59. The van der Waals surface area contributed by atoms with Crippen LogP contribution in [-0.2, 0) is 11.2 Å². The first-order valence-electron chi connectivity index (χ1n) is 6.76. The van der Waals surface area contributed by atoms with E-state index in [4.69, 9.17) is 5.11 Å². The van der Waals surface area contributed by atoms with Crippen molar-refractivity contribution >= 4 is 17.7 Å². The summed E-state index contributed by atoms with van der Waals surface area (Å²) in [5, 5.41) is 15.6. The molecule has 0 saturated carbocycles. The van der Waals surface area contributed by atoms with Crippen molar-refractivity contribution in [2.75, 3.05) is 5.75 Å². The van der Waals surface area contributed by atoms with Crippen LogP contribution in [0.15, 0.2) is 34.2 Å². The Morgan fingerprint density at radius 1 is 1.48 bits per heavy atom. The molecule has 0 fully saturated rings. The quantitative estimate of drug-likeness (QED) is 0.839. The number of benzene rings is 1. The lowest BCUT2D eigenvalue weighted by atomic mass is 9.88. The largest absolute Gasteiger partial charge is 0.481 e. The van der Waals surface area contributed by atoms with Crippen LogP contribution in [0.4, 0.5) is 0 Å². The molecule has 0 amide bonds. The highest BCUT2D eigenvalue weighted by molar-refractivity contribution is 7.99. The molecule has 0 radical (unpaired) electrons. The second-order valence-corrected chi connectivity index (χ2v) is 5.91. The van der Waals surface area contributed by atoms with Gasteiger partial charge in [-0.1, -0.05) is 36.0 Å². The van der Waals surface area contributed by atoms with Crippen molar-refractivity contribution in [2.45, 2.75) is 30.5 Å². The number of thioether (sulfide) groups is 1. The maximum atomic E-state index is 12.1. The summed E-state index contributed by atoms with van der Waals surface area (Å²) in [7, 11) is 0. The third kappa shape index (κ3) is 2.73. The number of aliphatic carboxylic acids is 1. The minimum absolute atomic E-state index is 0.0718. The Morgan fingerprint density at radius 3 is 3.10 bits per heavy atom. The average Bonchev–Trinajstić information content (AvgIpc) is 2.85. The number of rotatable bonds is 4. The summed E-state index contributed by atoms with van der Waals surface area (Å²) in [6.45, 7) is 0. The molecular formula is C14H15N3O3S. The van der Waals surface area contributed by atoms with Gasteiger partial charge in [-0.2, -0.15) is 0 Å². The van der Waals surface area contributed by atoms with Crippen LogP contribution in [0.2, 0.25) is 0 Å². The molecule has 1 aromatic carbocycles. The van der Waals surface area contributed by atoms with Crippen LogP contribution in [0.25, 0.3) is 0 Å². The van der Waals surface area contributed by atoms with Crippen molar-refractivity contribution in [3.63, 3.8) is 0 Å². The zero-order valence-electron chi connectivity index (χ0n) is 11.3. The molecule has 6 nitrogen and oxygen atoms in total. The van der Waals surface area contributed by atoms with E-state index in [1.54, 1.807) is 4.57 Å². The fraction of sp³-hybridized carbons (Fsp3) is 0.357. The van der Waals surface area contributed by atoms with E-state index in [1.807, 2.05) is 18.2 Å². The molecule has 7 heteroatoms. The first-order chi connectivity index (χ1) is 10.2. The Morgan fingerprint density at radius 2 is 2.29 bits per heavy atom. The van der Waals surface area contributed by atoms with Gasteiger partial charge in [-0.25, -0.2) is 9.89 Å². The van der Waals surface area contributed by atoms with Gasteiger partial charge in [0.2, 0.25) is 0 Å². The highest BCUT2D eigenvalue weighted by atomic mass is 32.2. The molecule has 2 aromatic rings. The summed E-state index contributed by atoms with van der Waals surface area (Å²) in [5.41, 5.74) is 2.09. The third-order valence-corrected chi connectivity index (χ3v) is 4.58. The van der Waals surface area contributed by atoms with Gasteiger partial charge in [0.05, 0.1) is 11.8 Å². The van der Waals surface area contributed by atoms with Gasteiger partial charge in [-0.15, -0.1) is 5.10 Å². The van der Waals surface area contributed by atoms with Gasteiger partial charge in [0, 0.05) is 0 Å². The third-order valence-electron chi connectivity index (χ3n) is 3.65. The maximum Gasteiger partial charge on any atom is 0.344 e. The Bertz CT molecular complexity index is 722. The lowest BCUT2D eigenvalue weighted by Crippen LogP contribution is -2.27. The Hall–Kier alpha value is -2.02. The van der Waals surface area contributed by atoms with Crippen molar-refractivity contribution in [2.24, 2.45) is 0 Å². The number of carbonyl (C=O) groups is 1. The van der Waals surface area contributed by atoms with Gasteiger partial charge in [-0.3, -0.25) is 9.36 Å². The number of hydrogen-bond acceptors (Lipinski definition) is 4. The number of aromatic nitrogens is 3. The highest BCUT2D eigenvalue weighted by Crippen LogP contribution is 2.33. The molecule has 0 spiro atoms. The molecule has 0 saturated heterocycles. The van der Waals surface area contributed by atoms with Crippen LogP contribution in [-0.4, -0.2) is 31.6 Å². The standard InChI is InChI=1S/C14H15N3O3S/c18-12(19)8-21-14-16-15-13(20)17(14)11-7-3-5-9-4-1-2-6-10(9)11/h1-2,4,6,11H,3,5,7-8H2,(H,15,20)(H,18,19). The Balaban J connectivity index is 2.00. The van der Waals surface area contributed by atoms with Gasteiger partial charge in [-0.05, 0) is 30.4 Å². The van der Waals surface area contributed by atoms with Crippen molar-refractivity contribution in [3.8, 4) is 0 Å². The Labute approximate surface area is 125 Å². The normalized spacial score (nSPS) is 17.4. The molecular weight excluding hydrogens is 290 g/mol. The molecule has 1 aromatic heterocycles. The van der Waals surface area contributed by atoms with Crippen LogP contribution in [0.1, 0.15) is 30.0 Å². The maximum absolute atomic E-state index is 12.1. The van der Waals surface area contributed by atoms with Crippen LogP contribution >= 0.6 is 11.8 Å². The van der Waals surface area contributed by atoms with Gasteiger partial charge in [0.15, 0.2) is 5.16 Å². The van der Waals surface area contributed by atoms with E-state index in [0.717, 1.165) is 36.6 Å². The second-order valence-electron chi connectivity index (χ2n) is 4.97. The van der Waals surface area contributed by atoms with Crippen LogP contribution in [0.5, 0.6) is 0 Å². The molecule has 1 unspecified atom stereocenters. The number of fused-ring (bicyclic) bond motifs is 1. The fourth-order valence-corrected chi connectivity index (χ4v) is 3.50. The van der Waals surface area contributed by atoms with E-state index in [1.165, 1.54) is 5.56 Å². The molecule has 1 heterocycles. The van der Waals surface area contributed by atoms with Crippen LogP contribution in [0, 0.1) is 0 Å². The summed E-state index contributed by atoms with van der Waals surface area (Å²) in [6.07, 6.45) is 2.87. The molecule has 1 aliphatic rings. The smallest absolute Gasteiger partial charge is 0.344 e.